The summed E-state index contributed by atoms with van der Waals surface area (Å²) in [4.78, 5) is 12.1. The number of nitrogens with one attached hydrogen (secondary N) is 2. The molecule has 0 radical (unpaired) electrons. The van der Waals surface area contributed by atoms with Gasteiger partial charge in [-0.2, -0.15) is 0 Å². The van der Waals surface area contributed by atoms with Crippen molar-refractivity contribution in [2.24, 2.45) is 5.92 Å². The van der Waals surface area contributed by atoms with Gasteiger partial charge in [-0.15, -0.1) is 0 Å². The van der Waals surface area contributed by atoms with Crippen LogP contribution in [0.5, 0.6) is 0 Å². The van der Waals surface area contributed by atoms with Crippen molar-refractivity contribution >= 4 is 27.5 Å². The molecule has 22 heavy (non-hydrogen) atoms. The highest BCUT2D eigenvalue weighted by molar-refractivity contribution is 7.88. The van der Waals surface area contributed by atoms with Crippen molar-refractivity contribution < 1.29 is 13.2 Å². The molecular formula is C15H21ClN2O3S. The van der Waals surface area contributed by atoms with Crippen LogP contribution in [0.2, 0.25) is 5.02 Å². The fourth-order valence-electron chi connectivity index (χ4n) is 2.51. The van der Waals surface area contributed by atoms with E-state index in [2.05, 4.69) is 10.0 Å². The number of carbonyl (C=O) groups is 1. The molecule has 0 spiro atoms. The SMILES string of the molecule is CS(=O)(=O)NCCC(=O)NC(c1ccc(Cl)cc1)C1CCC1. The van der Waals surface area contributed by atoms with Gasteiger partial charge in [0.15, 0.2) is 0 Å². The van der Waals surface area contributed by atoms with Crippen LogP contribution in [0.15, 0.2) is 24.3 Å². The summed E-state index contributed by atoms with van der Waals surface area (Å²) in [7, 11) is -3.26. The maximum atomic E-state index is 12.1. The number of hydrogen-bond donors (Lipinski definition) is 2. The van der Waals surface area contributed by atoms with E-state index in [1.807, 2.05) is 24.3 Å². The molecule has 0 aromatic heterocycles. The summed E-state index contributed by atoms with van der Waals surface area (Å²) < 4.78 is 24.3. The van der Waals surface area contributed by atoms with Crippen molar-refractivity contribution in [2.45, 2.75) is 31.7 Å². The molecule has 1 fully saturated rings. The second-order valence-corrected chi connectivity index (χ2v) is 7.97. The first-order valence-corrected chi connectivity index (χ1v) is 9.61. The van der Waals surface area contributed by atoms with Crippen molar-refractivity contribution in [3.8, 4) is 0 Å². The van der Waals surface area contributed by atoms with Crippen LogP contribution in [0.3, 0.4) is 0 Å². The molecular weight excluding hydrogens is 324 g/mol. The summed E-state index contributed by atoms with van der Waals surface area (Å²) in [6.07, 6.45) is 4.57. The monoisotopic (exact) mass is 344 g/mol. The molecule has 2 N–H and O–H groups in total. The predicted molar refractivity (Wildman–Crippen MR) is 87.1 cm³/mol. The molecule has 5 nitrogen and oxygen atoms in total. The van der Waals surface area contributed by atoms with Crippen LogP contribution < -0.4 is 10.0 Å². The largest absolute Gasteiger partial charge is 0.349 e. The summed E-state index contributed by atoms with van der Waals surface area (Å²) in [5.41, 5.74) is 1.04. The third-order valence-electron chi connectivity index (χ3n) is 3.88. The Morgan fingerprint density at radius 1 is 1.32 bits per heavy atom. The number of rotatable bonds is 7. The Balaban J connectivity index is 1.95. The summed E-state index contributed by atoms with van der Waals surface area (Å²) >= 11 is 5.91. The summed E-state index contributed by atoms with van der Waals surface area (Å²) in [6.45, 7) is 0.114. The Bertz CT molecular complexity index is 612. The van der Waals surface area contributed by atoms with Gasteiger partial charge in [-0.1, -0.05) is 30.2 Å². The molecule has 0 aliphatic heterocycles. The number of benzene rings is 1. The van der Waals surface area contributed by atoms with Crippen LogP contribution in [-0.4, -0.2) is 27.1 Å². The van der Waals surface area contributed by atoms with E-state index in [0.29, 0.717) is 10.9 Å². The topological polar surface area (TPSA) is 75.3 Å². The smallest absolute Gasteiger partial charge is 0.221 e. The van der Waals surface area contributed by atoms with E-state index in [0.717, 1.165) is 24.7 Å². The highest BCUT2D eigenvalue weighted by atomic mass is 35.5. The zero-order chi connectivity index (χ0) is 16.2. The summed E-state index contributed by atoms with van der Waals surface area (Å²) in [6, 6.07) is 7.47. The van der Waals surface area contributed by atoms with Gasteiger partial charge in [0, 0.05) is 18.0 Å². The van der Waals surface area contributed by atoms with Crippen molar-refractivity contribution in [3.63, 3.8) is 0 Å². The number of carbonyl (C=O) groups excluding carboxylic acids is 1. The van der Waals surface area contributed by atoms with Crippen molar-refractivity contribution in [3.05, 3.63) is 34.9 Å². The Labute approximate surface area is 136 Å². The zero-order valence-electron chi connectivity index (χ0n) is 12.5. The average Bonchev–Trinajstić information content (AvgIpc) is 2.35. The molecule has 0 heterocycles. The molecule has 7 heteroatoms. The lowest BCUT2D eigenvalue weighted by Crippen LogP contribution is -2.37. The molecule has 1 aliphatic rings. The third-order valence-corrected chi connectivity index (χ3v) is 4.86. The van der Waals surface area contributed by atoms with Gasteiger partial charge in [0.1, 0.15) is 0 Å². The molecule has 1 saturated carbocycles. The van der Waals surface area contributed by atoms with Crippen LogP contribution in [0.25, 0.3) is 0 Å². The van der Waals surface area contributed by atoms with E-state index in [9.17, 15) is 13.2 Å². The number of sulfonamides is 1. The van der Waals surface area contributed by atoms with Gasteiger partial charge in [0.25, 0.3) is 0 Å². The molecule has 1 aromatic carbocycles. The lowest BCUT2D eigenvalue weighted by atomic mass is 9.77. The fraction of sp³-hybridized carbons (Fsp3) is 0.533. The van der Waals surface area contributed by atoms with Crippen LogP contribution in [0.1, 0.15) is 37.3 Å². The molecule has 1 aliphatic carbocycles. The van der Waals surface area contributed by atoms with Gasteiger partial charge in [0.2, 0.25) is 15.9 Å². The van der Waals surface area contributed by atoms with Gasteiger partial charge >= 0.3 is 0 Å². The minimum absolute atomic E-state index is 0.0308. The van der Waals surface area contributed by atoms with Crippen LogP contribution in [0.4, 0.5) is 0 Å². The maximum Gasteiger partial charge on any atom is 0.221 e. The van der Waals surface area contributed by atoms with Gasteiger partial charge in [-0.05, 0) is 36.5 Å². The van der Waals surface area contributed by atoms with Crippen molar-refractivity contribution in [1.29, 1.82) is 0 Å². The van der Waals surface area contributed by atoms with E-state index in [-0.39, 0.29) is 24.9 Å². The normalized spacial score (nSPS) is 16.8. The lowest BCUT2D eigenvalue weighted by molar-refractivity contribution is -0.122. The van der Waals surface area contributed by atoms with E-state index >= 15 is 0 Å². The van der Waals surface area contributed by atoms with Gasteiger partial charge in [-0.3, -0.25) is 4.79 Å². The van der Waals surface area contributed by atoms with Crippen LogP contribution in [-0.2, 0) is 14.8 Å². The average molecular weight is 345 g/mol. The molecule has 0 bridgehead atoms. The zero-order valence-corrected chi connectivity index (χ0v) is 14.1. The minimum Gasteiger partial charge on any atom is -0.349 e. The molecule has 0 saturated heterocycles. The van der Waals surface area contributed by atoms with E-state index < -0.39 is 10.0 Å². The number of amides is 1. The van der Waals surface area contributed by atoms with E-state index in [4.69, 9.17) is 11.6 Å². The Morgan fingerprint density at radius 2 is 1.95 bits per heavy atom. The summed E-state index contributed by atoms with van der Waals surface area (Å²) in [5.74, 6) is 0.288. The van der Waals surface area contributed by atoms with Crippen LogP contribution in [0, 0.1) is 5.92 Å². The maximum absolute atomic E-state index is 12.1. The predicted octanol–water partition coefficient (Wildman–Crippen LogP) is 2.24. The Hall–Kier alpha value is -1.11. The molecule has 1 aromatic rings. The standard InChI is InChI=1S/C15H21ClN2O3S/c1-22(20,21)17-10-9-14(19)18-15(11-3-2-4-11)12-5-7-13(16)8-6-12/h5-8,11,15,17H,2-4,9-10H2,1H3,(H,18,19). The second-order valence-electron chi connectivity index (χ2n) is 5.70. The molecule has 1 amide bonds. The van der Waals surface area contributed by atoms with E-state index in [1.54, 1.807) is 0 Å². The van der Waals surface area contributed by atoms with Crippen molar-refractivity contribution in [2.75, 3.05) is 12.8 Å². The van der Waals surface area contributed by atoms with Gasteiger partial charge in [0.05, 0.1) is 12.3 Å². The fourth-order valence-corrected chi connectivity index (χ4v) is 3.11. The highest BCUT2D eigenvalue weighted by Gasteiger charge is 2.29. The third kappa shape index (κ3) is 5.26. The minimum atomic E-state index is -3.26. The van der Waals surface area contributed by atoms with Crippen LogP contribution >= 0.6 is 11.6 Å². The Morgan fingerprint density at radius 3 is 2.45 bits per heavy atom. The van der Waals surface area contributed by atoms with Crippen molar-refractivity contribution in [1.82, 2.24) is 10.0 Å². The second kappa shape index (κ2) is 7.44. The molecule has 1 unspecified atom stereocenters. The molecule has 122 valence electrons. The Kier molecular flexibility index (Phi) is 5.83. The summed E-state index contributed by atoms with van der Waals surface area (Å²) in [5, 5.41) is 3.69. The quantitative estimate of drug-likeness (QED) is 0.796. The van der Waals surface area contributed by atoms with Gasteiger partial charge < -0.3 is 5.32 Å². The molecule has 1 atom stereocenters. The first-order chi connectivity index (χ1) is 10.3. The lowest BCUT2D eigenvalue weighted by Gasteiger charge is -2.34. The first-order valence-electron chi connectivity index (χ1n) is 7.34. The molecule has 2 rings (SSSR count). The number of hydrogen-bond acceptors (Lipinski definition) is 3. The van der Waals surface area contributed by atoms with E-state index in [1.165, 1.54) is 6.42 Å². The highest BCUT2D eigenvalue weighted by Crippen LogP contribution is 2.38. The first kappa shape index (κ1) is 17.2. The number of halogens is 1. The van der Waals surface area contributed by atoms with Gasteiger partial charge in [-0.25, -0.2) is 13.1 Å².